The second-order valence-electron chi connectivity index (χ2n) is 13.4. The standard InChI is InChI=1S/C33H39F3N6O5S/c34-33(35,36)25-8-9-29-30(16-25)48(44,45)42-21-27(47-22-26-20-41(39-38-26)19-23-4-2-1-3-5-23)17-28(42)31(43)37-32(12-15-46-29)10-13-40(14-11-32)18-24-6-7-24/h1-5,8-9,16,20,24,27-28H,6-7,10-15,17-19,21-22H2,(H,37,43)/t27-,28+/m1/s1. The zero-order valence-electron chi connectivity index (χ0n) is 26.4. The Balaban J connectivity index is 1.13. The summed E-state index contributed by atoms with van der Waals surface area (Å²) in [6.07, 6.45) is 0.457. The fourth-order valence-corrected chi connectivity index (χ4v) is 8.74. The molecule has 2 aromatic carbocycles. The molecule has 4 aliphatic rings. The van der Waals surface area contributed by atoms with E-state index in [-0.39, 0.29) is 31.9 Å². The molecule has 48 heavy (non-hydrogen) atoms. The van der Waals surface area contributed by atoms with Gasteiger partial charge in [0.05, 0.1) is 37.6 Å². The Morgan fingerprint density at radius 2 is 1.83 bits per heavy atom. The average Bonchev–Trinajstić information content (AvgIpc) is 3.57. The van der Waals surface area contributed by atoms with Crippen molar-refractivity contribution in [1.29, 1.82) is 0 Å². The highest BCUT2D eigenvalue weighted by Crippen LogP contribution is 2.39. The first kappa shape index (κ1) is 33.0. The third-order valence-corrected chi connectivity index (χ3v) is 11.8. The molecule has 2 atom stereocenters. The van der Waals surface area contributed by atoms with Crippen LogP contribution in [0.25, 0.3) is 0 Å². The van der Waals surface area contributed by atoms with Gasteiger partial charge >= 0.3 is 6.18 Å². The van der Waals surface area contributed by atoms with Crippen molar-refractivity contribution < 1.29 is 35.9 Å². The molecule has 2 saturated heterocycles. The minimum absolute atomic E-state index is 0.0143. The summed E-state index contributed by atoms with van der Waals surface area (Å²) in [5, 5.41) is 11.5. The van der Waals surface area contributed by atoms with E-state index >= 15 is 0 Å². The highest BCUT2D eigenvalue weighted by Gasteiger charge is 2.49. The molecule has 1 amide bonds. The van der Waals surface area contributed by atoms with E-state index in [9.17, 15) is 26.4 Å². The maximum absolute atomic E-state index is 14.2. The van der Waals surface area contributed by atoms with E-state index in [1.807, 2.05) is 30.3 Å². The highest BCUT2D eigenvalue weighted by atomic mass is 32.2. The smallest absolute Gasteiger partial charge is 0.416 e. The Hall–Kier alpha value is -3.53. The van der Waals surface area contributed by atoms with E-state index in [4.69, 9.17) is 9.47 Å². The molecule has 11 nitrogen and oxygen atoms in total. The van der Waals surface area contributed by atoms with Crippen LogP contribution in [-0.4, -0.2) is 89.0 Å². The minimum atomic E-state index is -4.78. The number of fused-ring (bicyclic) bond motifs is 2. The summed E-state index contributed by atoms with van der Waals surface area (Å²) < 4.78 is 84.4. The Morgan fingerprint density at radius 1 is 1.06 bits per heavy atom. The highest BCUT2D eigenvalue weighted by molar-refractivity contribution is 7.89. The van der Waals surface area contributed by atoms with E-state index in [2.05, 4.69) is 20.5 Å². The van der Waals surface area contributed by atoms with E-state index in [1.54, 1.807) is 10.9 Å². The minimum Gasteiger partial charge on any atom is -0.492 e. The third kappa shape index (κ3) is 7.24. The number of hydrogen-bond donors (Lipinski definition) is 1. The number of nitrogens with zero attached hydrogens (tertiary/aromatic N) is 5. The summed E-state index contributed by atoms with van der Waals surface area (Å²) in [6, 6.07) is 11.0. The van der Waals surface area contributed by atoms with Gasteiger partial charge in [-0.2, -0.15) is 17.5 Å². The first-order valence-corrected chi connectivity index (χ1v) is 17.9. The molecule has 0 unspecified atom stereocenters. The van der Waals surface area contributed by atoms with Crippen LogP contribution in [0.1, 0.15) is 55.3 Å². The predicted molar refractivity (Wildman–Crippen MR) is 167 cm³/mol. The van der Waals surface area contributed by atoms with Crippen molar-refractivity contribution in [3.05, 3.63) is 71.5 Å². The van der Waals surface area contributed by atoms with Gasteiger partial charge in [0.25, 0.3) is 0 Å². The molecule has 1 aromatic heterocycles. The average molecular weight is 689 g/mol. The van der Waals surface area contributed by atoms with Gasteiger partial charge in [0.2, 0.25) is 15.9 Å². The van der Waals surface area contributed by atoms with Crippen LogP contribution in [0.2, 0.25) is 0 Å². The zero-order valence-corrected chi connectivity index (χ0v) is 27.3. The number of amides is 1. The topological polar surface area (TPSA) is 119 Å². The van der Waals surface area contributed by atoms with Gasteiger partial charge in [-0.05, 0) is 55.4 Å². The van der Waals surface area contributed by atoms with Crippen molar-refractivity contribution in [2.75, 3.05) is 32.8 Å². The maximum atomic E-state index is 14.2. The normalized spacial score (nSPS) is 24.7. The molecule has 3 aromatic rings. The third-order valence-electron chi connectivity index (χ3n) is 9.87. The number of hydrogen-bond acceptors (Lipinski definition) is 8. The number of aromatic nitrogens is 3. The molecule has 3 fully saturated rings. The summed E-state index contributed by atoms with van der Waals surface area (Å²) >= 11 is 0. The van der Waals surface area contributed by atoms with Crippen LogP contribution < -0.4 is 10.1 Å². The number of carbonyl (C=O) groups excluding carboxylic acids is 1. The number of sulfonamides is 1. The largest absolute Gasteiger partial charge is 0.492 e. The predicted octanol–water partition coefficient (Wildman–Crippen LogP) is 3.84. The van der Waals surface area contributed by atoms with Crippen LogP contribution in [0.4, 0.5) is 13.2 Å². The van der Waals surface area contributed by atoms with Crippen molar-refractivity contribution in [2.24, 2.45) is 5.92 Å². The van der Waals surface area contributed by atoms with Crippen LogP contribution in [-0.2, 0) is 38.9 Å². The van der Waals surface area contributed by atoms with Gasteiger partial charge in [-0.15, -0.1) is 5.10 Å². The Kier molecular flexibility index (Phi) is 8.98. The van der Waals surface area contributed by atoms with Crippen LogP contribution in [0.5, 0.6) is 5.75 Å². The molecule has 1 spiro atoms. The number of benzene rings is 2. The lowest BCUT2D eigenvalue weighted by Gasteiger charge is -2.43. The molecular weight excluding hydrogens is 649 g/mol. The maximum Gasteiger partial charge on any atom is 0.416 e. The number of likely N-dealkylation sites (tertiary alicyclic amines) is 1. The van der Waals surface area contributed by atoms with E-state index in [0.717, 1.165) is 47.6 Å². The van der Waals surface area contributed by atoms with E-state index in [1.165, 1.54) is 12.8 Å². The summed E-state index contributed by atoms with van der Waals surface area (Å²) in [7, 11) is -4.63. The van der Waals surface area contributed by atoms with Gasteiger partial charge in [-0.3, -0.25) is 4.79 Å². The van der Waals surface area contributed by atoms with E-state index in [0.29, 0.717) is 37.6 Å². The first-order chi connectivity index (χ1) is 23.0. The number of halogens is 3. The molecule has 0 bridgehead atoms. The van der Waals surface area contributed by atoms with Gasteiger partial charge in [-0.25, -0.2) is 13.1 Å². The molecule has 15 heteroatoms. The number of ether oxygens (including phenoxy) is 2. The molecule has 1 saturated carbocycles. The van der Waals surface area contributed by atoms with Crippen LogP contribution >= 0.6 is 0 Å². The summed E-state index contributed by atoms with van der Waals surface area (Å²) in [5.74, 6) is 0.0755. The number of carbonyl (C=O) groups is 1. The molecule has 4 heterocycles. The summed E-state index contributed by atoms with van der Waals surface area (Å²) in [5.41, 5.74) is -0.195. The van der Waals surface area contributed by atoms with Crippen LogP contribution in [0, 0.1) is 5.92 Å². The molecule has 7 rings (SSSR count). The fourth-order valence-electron chi connectivity index (χ4n) is 6.95. The number of alkyl halides is 3. The number of piperidine rings is 1. The fraction of sp³-hybridized carbons (Fsp3) is 0.545. The molecule has 258 valence electrons. The van der Waals surface area contributed by atoms with Gasteiger partial charge in [0.15, 0.2) is 0 Å². The van der Waals surface area contributed by atoms with Gasteiger partial charge in [0, 0.05) is 44.6 Å². The second kappa shape index (κ2) is 13.1. The SMILES string of the molecule is O=C1NC2(CCOc3ccc(C(F)(F)F)cc3S(=O)(=O)N3C[C@H](OCc4cn(Cc5ccccc5)nn4)C[C@@H]13)CCN(CC1CC1)CC2. The van der Waals surface area contributed by atoms with Crippen molar-refractivity contribution in [3.8, 4) is 5.75 Å². The molecule has 1 N–H and O–H groups in total. The monoisotopic (exact) mass is 688 g/mol. The molecule has 0 radical (unpaired) electrons. The molecule has 1 aliphatic carbocycles. The zero-order chi connectivity index (χ0) is 33.5. The van der Waals surface area contributed by atoms with Gasteiger partial charge < -0.3 is 19.7 Å². The number of nitrogens with one attached hydrogen (secondary N) is 1. The van der Waals surface area contributed by atoms with Crippen molar-refractivity contribution in [1.82, 2.24) is 29.5 Å². The lowest BCUT2D eigenvalue weighted by Crippen LogP contribution is -2.59. The quantitative estimate of drug-likeness (QED) is 0.398. The van der Waals surface area contributed by atoms with Crippen molar-refractivity contribution >= 4 is 15.9 Å². The Morgan fingerprint density at radius 3 is 2.56 bits per heavy atom. The lowest BCUT2D eigenvalue weighted by atomic mass is 9.84. The van der Waals surface area contributed by atoms with Crippen LogP contribution in [0.15, 0.2) is 59.6 Å². The van der Waals surface area contributed by atoms with Crippen molar-refractivity contribution in [3.63, 3.8) is 0 Å². The van der Waals surface area contributed by atoms with E-state index < -0.39 is 50.3 Å². The lowest BCUT2D eigenvalue weighted by molar-refractivity contribution is -0.137. The van der Waals surface area contributed by atoms with Crippen LogP contribution in [0.3, 0.4) is 0 Å². The Labute approximate surface area is 277 Å². The summed E-state index contributed by atoms with van der Waals surface area (Å²) in [6.45, 7) is 2.93. The second-order valence-corrected chi connectivity index (χ2v) is 15.3. The Bertz CT molecular complexity index is 1720. The molecule has 3 aliphatic heterocycles. The summed E-state index contributed by atoms with van der Waals surface area (Å²) in [4.78, 5) is 15.8. The first-order valence-electron chi connectivity index (χ1n) is 16.4. The number of rotatable bonds is 7. The van der Waals surface area contributed by atoms with Gasteiger partial charge in [0.1, 0.15) is 22.4 Å². The molecular formula is C33H39F3N6O5S. The van der Waals surface area contributed by atoms with Gasteiger partial charge in [-0.1, -0.05) is 35.5 Å². The van der Waals surface area contributed by atoms with Crippen molar-refractivity contribution in [2.45, 2.75) is 80.4 Å².